The quantitative estimate of drug-likeness (QED) is 0.0287. The average Bonchev–Trinajstić information content (AvgIpc) is 3.39. The monoisotopic (exact) mass is 1020 g/mol. The molecule has 5 aromatic carbocycles. The number of rotatable bonds is 29. The molecule has 4 atom stereocenters. The molecule has 0 aliphatic carbocycles. The number of benzene rings is 5. The van der Waals surface area contributed by atoms with Crippen molar-refractivity contribution in [3.8, 4) is 11.5 Å². The second-order valence-electron chi connectivity index (χ2n) is 21.4. The Balaban J connectivity index is 1.07. The summed E-state index contributed by atoms with van der Waals surface area (Å²) in [6.45, 7) is 23.3. The molecule has 0 aromatic heterocycles. The molecule has 0 heterocycles. The maximum atomic E-state index is 15.2. The molecule has 0 amide bonds. The molecule has 0 radical (unpaired) electrons. The van der Waals surface area contributed by atoms with Crippen LogP contribution in [0.25, 0.3) is 0 Å². The lowest BCUT2D eigenvalue weighted by Gasteiger charge is -2.30. The fourth-order valence-corrected chi connectivity index (χ4v) is 8.06. The molecule has 9 nitrogen and oxygen atoms in total. The Labute approximate surface area is 430 Å². The third-order valence-electron chi connectivity index (χ3n) is 14.2. The first kappa shape index (κ1) is 58.7. The normalized spacial score (nSPS) is 14.2. The van der Waals surface area contributed by atoms with Gasteiger partial charge in [-0.1, -0.05) is 146 Å². The zero-order valence-electron chi connectivity index (χ0n) is 44.9. The van der Waals surface area contributed by atoms with Crippen LogP contribution in [-0.4, -0.2) is 56.9 Å². The minimum atomic E-state index is -1.67. The van der Waals surface area contributed by atoms with Gasteiger partial charge in [-0.25, -0.2) is 17.6 Å². The molecule has 0 aliphatic heterocycles. The van der Waals surface area contributed by atoms with Crippen LogP contribution >= 0.6 is 0 Å². The zero-order chi connectivity index (χ0) is 53.7. The lowest BCUT2D eigenvalue weighted by molar-refractivity contribution is -0.0846. The standard InChI is InChI=1S/C60H77F4NO8/c1-13-39(3)31-70-49-27-23-43(24-28-49)57(5,6)42-17-21-46(22-18-42)60(11,12)73-36-48(66)35-69-38-52-55(63)53(61)51(54(62)56(52)64)37-68-33-47(65-67)34-71-50-29-25-44(26-30-50)58(7,8)41-15-19-45(20-16-41)59(9,10)72-32-40(4)14-2/h15-30,39-40,47-48,66H,13-14,31-38H2,1-12H3. The summed E-state index contributed by atoms with van der Waals surface area (Å²) in [6.07, 6.45) is 0.878. The van der Waals surface area contributed by atoms with Crippen molar-refractivity contribution in [2.75, 3.05) is 39.6 Å². The highest BCUT2D eigenvalue weighted by molar-refractivity contribution is 5.43. The lowest BCUT2D eigenvalue weighted by Crippen LogP contribution is -2.30. The van der Waals surface area contributed by atoms with E-state index in [1.807, 2.05) is 62.4 Å². The third kappa shape index (κ3) is 15.4. The Kier molecular flexibility index (Phi) is 20.8. The summed E-state index contributed by atoms with van der Waals surface area (Å²) in [5, 5.41) is 13.6. The Morgan fingerprint density at radius 3 is 1.18 bits per heavy atom. The van der Waals surface area contributed by atoms with Gasteiger partial charge in [-0.05, 0) is 97.2 Å². The lowest BCUT2D eigenvalue weighted by atomic mass is 9.77. The van der Waals surface area contributed by atoms with Crippen molar-refractivity contribution in [3.05, 3.63) is 170 Å². The Hall–Kier alpha value is -5.18. The molecule has 0 saturated heterocycles. The summed E-state index contributed by atoms with van der Waals surface area (Å²) in [7, 11) is 0. The van der Waals surface area contributed by atoms with Crippen molar-refractivity contribution in [2.24, 2.45) is 17.0 Å². The molecule has 4 unspecified atom stereocenters. The molecule has 1 N–H and O–H groups in total. The highest BCUT2D eigenvalue weighted by Crippen LogP contribution is 2.37. The van der Waals surface area contributed by atoms with Gasteiger partial charge in [-0.3, -0.25) is 0 Å². The summed E-state index contributed by atoms with van der Waals surface area (Å²) in [5.74, 6) is -4.42. The fraction of sp³-hybridized carbons (Fsp3) is 0.500. The first-order chi connectivity index (χ1) is 34.4. The molecular formula is C60H77F4NO8. The van der Waals surface area contributed by atoms with Crippen LogP contribution in [0, 0.1) is 40.0 Å². The van der Waals surface area contributed by atoms with Crippen molar-refractivity contribution < 1.29 is 51.1 Å². The molecule has 0 spiro atoms. The Morgan fingerprint density at radius 1 is 0.466 bits per heavy atom. The number of hydrogen-bond donors (Lipinski definition) is 1. The van der Waals surface area contributed by atoms with Crippen molar-refractivity contribution in [2.45, 2.75) is 143 Å². The number of aliphatic hydroxyl groups excluding tert-OH is 1. The van der Waals surface area contributed by atoms with Gasteiger partial charge >= 0.3 is 0 Å². The minimum Gasteiger partial charge on any atom is -0.493 e. The van der Waals surface area contributed by atoms with Crippen LogP contribution in [0.2, 0.25) is 0 Å². The van der Waals surface area contributed by atoms with E-state index in [1.54, 1.807) is 12.1 Å². The molecular weight excluding hydrogens is 939 g/mol. The van der Waals surface area contributed by atoms with Gasteiger partial charge in [-0.2, -0.15) is 4.91 Å². The van der Waals surface area contributed by atoms with E-state index in [0.717, 1.165) is 52.0 Å². The van der Waals surface area contributed by atoms with Crippen LogP contribution < -0.4 is 9.47 Å². The molecule has 0 saturated carbocycles. The van der Waals surface area contributed by atoms with Crippen molar-refractivity contribution in [3.63, 3.8) is 0 Å². The van der Waals surface area contributed by atoms with E-state index in [0.29, 0.717) is 30.8 Å². The number of nitrogens with zero attached hydrogens (tertiary/aromatic N) is 1. The predicted octanol–water partition coefficient (Wildman–Crippen LogP) is 14.2. The van der Waals surface area contributed by atoms with Crippen molar-refractivity contribution >= 4 is 0 Å². The van der Waals surface area contributed by atoms with Crippen LogP contribution in [0.15, 0.2) is 102 Å². The van der Waals surface area contributed by atoms with E-state index in [2.05, 4.69) is 111 Å². The maximum absolute atomic E-state index is 15.2. The van der Waals surface area contributed by atoms with Gasteiger partial charge in [-0.15, -0.1) is 0 Å². The molecule has 73 heavy (non-hydrogen) atoms. The maximum Gasteiger partial charge on any atom is 0.167 e. The summed E-state index contributed by atoms with van der Waals surface area (Å²) < 4.78 is 95.3. The topological polar surface area (TPSA) is 105 Å². The summed E-state index contributed by atoms with van der Waals surface area (Å²) >= 11 is 0. The molecule has 13 heteroatoms. The highest BCUT2D eigenvalue weighted by atomic mass is 19.2. The van der Waals surface area contributed by atoms with E-state index in [-0.39, 0.29) is 24.0 Å². The molecule has 0 fully saturated rings. The fourth-order valence-electron chi connectivity index (χ4n) is 8.06. The van der Waals surface area contributed by atoms with Gasteiger partial charge in [0.2, 0.25) is 0 Å². The van der Waals surface area contributed by atoms with E-state index in [4.69, 9.17) is 28.4 Å². The number of aliphatic hydroxyl groups is 1. The Bertz CT molecular complexity index is 2480. The van der Waals surface area contributed by atoms with E-state index in [1.165, 1.54) is 0 Å². The average molecular weight is 1020 g/mol. The van der Waals surface area contributed by atoms with Crippen molar-refractivity contribution in [1.29, 1.82) is 0 Å². The largest absolute Gasteiger partial charge is 0.493 e. The number of ether oxygens (including phenoxy) is 6. The SMILES string of the molecule is CCC(C)COc1ccc(C(C)(C)c2ccc(C(C)(C)OCC(O)COCc3c(F)c(F)c(COCC(COc4ccc(C(C)(C)c5ccc(C(C)(C)OCC(C)CC)cc5)cc4)N=O)c(F)c3F)cc2)cc1. The molecule has 5 aromatic rings. The van der Waals surface area contributed by atoms with Gasteiger partial charge < -0.3 is 33.5 Å². The van der Waals surface area contributed by atoms with Gasteiger partial charge in [0.1, 0.15) is 30.3 Å². The first-order valence-electron chi connectivity index (χ1n) is 25.4. The van der Waals surface area contributed by atoms with Crippen LogP contribution in [0.4, 0.5) is 17.6 Å². The third-order valence-corrected chi connectivity index (χ3v) is 14.2. The zero-order valence-corrected chi connectivity index (χ0v) is 44.9. The van der Waals surface area contributed by atoms with Gasteiger partial charge in [0.05, 0.1) is 68.6 Å². The predicted molar refractivity (Wildman–Crippen MR) is 279 cm³/mol. The van der Waals surface area contributed by atoms with E-state index in [9.17, 15) is 10.0 Å². The summed E-state index contributed by atoms with van der Waals surface area (Å²) in [5.41, 5.74) is 2.39. The molecule has 0 aliphatic rings. The number of halogens is 4. The molecule has 5 rings (SSSR count). The van der Waals surface area contributed by atoms with Crippen molar-refractivity contribution in [1.82, 2.24) is 0 Å². The number of hydrogen-bond acceptors (Lipinski definition) is 9. The second kappa shape index (κ2) is 25.9. The van der Waals surface area contributed by atoms with E-state index >= 15 is 17.6 Å². The van der Waals surface area contributed by atoms with Gasteiger partial charge in [0, 0.05) is 10.8 Å². The smallest absolute Gasteiger partial charge is 0.167 e. The van der Waals surface area contributed by atoms with Crippen LogP contribution in [0.1, 0.15) is 140 Å². The van der Waals surface area contributed by atoms with Crippen LogP contribution in [-0.2, 0) is 54.2 Å². The minimum absolute atomic E-state index is 0.202. The highest BCUT2D eigenvalue weighted by Gasteiger charge is 2.30. The van der Waals surface area contributed by atoms with Crippen LogP contribution in [0.5, 0.6) is 11.5 Å². The van der Waals surface area contributed by atoms with Gasteiger partial charge in [0.15, 0.2) is 23.3 Å². The summed E-state index contributed by atoms with van der Waals surface area (Å²) in [6, 6.07) is 30.9. The Morgan fingerprint density at radius 2 is 0.795 bits per heavy atom. The molecule has 398 valence electrons. The van der Waals surface area contributed by atoms with Crippen LogP contribution in [0.3, 0.4) is 0 Å². The molecule has 0 bridgehead atoms. The second-order valence-corrected chi connectivity index (χ2v) is 21.4. The van der Waals surface area contributed by atoms with Gasteiger partial charge in [0.25, 0.3) is 0 Å². The van der Waals surface area contributed by atoms with E-state index < -0.39 is 84.2 Å². The summed E-state index contributed by atoms with van der Waals surface area (Å²) in [4.78, 5) is 11.7. The number of nitroso groups, excluding NO2 is 1. The first-order valence-corrected chi connectivity index (χ1v) is 25.4.